The van der Waals surface area contributed by atoms with Crippen molar-refractivity contribution in [1.82, 2.24) is 0 Å². The molecular formula is C108H168N2Ni+2. The first-order valence-corrected chi connectivity index (χ1v) is 47.6. The van der Waals surface area contributed by atoms with E-state index in [2.05, 4.69) is 176 Å². The van der Waals surface area contributed by atoms with Crippen LogP contribution in [0.5, 0.6) is 0 Å². The summed E-state index contributed by atoms with van der Waals surface area (Å²) in [6.45, 7) is 23.1. The van der Waals surface area contributed by atoms with Gasteiger partial charge in [0.1, 0.15) is 0 Å². The number of aryl methyl sites for hydroxylation is 2. The zero-order chi connectivity index (χ0) is 79.2. The molecule has 0 unspecified atom stereocenters. The second-order valence-electron chi connectivity index (χ2n) is 31.7. The van der Waals surface area contributed by atoms with E-state index < -0.39 is 0 Å². The molecule has 2 rings (SSSR count). The molecule has 0 spiro atoms. The van der Waals surface area contributed by atoms with Crippen LogP contribution in [0, 0.1) is 94.7 Å². The fourth-order valence-corrected chi connectivity index (χ4v) is 14.8. The Balaban J connectivity index is 0.0000616. The molecule has 618 valence electrons. The maximum atomic E-state index is 6.36. The number of nitrogens with zero attached hydrogens (tertiary/aromatic N) is 2. The monoisotopic (exact) mass is 1550 g/mol. The van der Waals surface area contributed by atoms with Crippen molar-refractivity contribution in [3.8, 4) is 94.7 Å². The van der Waals surface area contributed by atoms with Gasteiger partial charge in [-0.05, 0) is 185 Å². The first kappa shape index (κ1) is 104. The van der Waals surface area contributed by atoms with Gasteiger partial charge in [0.15, 0.2) is 0 Å². The minimum Gasteiger partial charge on any atom is -0.251 e. The van der Waals surface area contributed by atoms with Crippen LogP contribution in [0.4, 0.5) is 11.4 Å². The summed E-state index contributed by atoms with van der Waals surface area (Å²) in [4.78, 5) is 12.7. The van der Waals surface area contributed by atoms with Crippen LogP contribution in [0.25, 0.3) is 0 Å². The van der Waals surface area contributed by atoms with E-state index in [9.17, 15) is 0 Å². The zero-order valence-corrected chi connectivity index (χ0v) is 75.4. The van der Waals surface area contributed by atoms with Crippen LogP contribution < -0.4 is 0 Å². The summed E-state index contributed by atoms with van der Waals surface area (Å²) >= 11 is 0. The Kier molecular flexibility index (Phi) is 74.7. The van der Waals surface area contributed by atoms with Crippen molar-refractivity contribution < 1.29 is 16.5 Å². The minimum absolute atomic E-state index is 0. The SMILES string of the molecule is CCCCCCC#CCCc1cc(N=C(CCCCCC)C(CCCCCCCC)=Nc2cc(CCC#CCCCCCC)c(CCC#CCCCCCC)c(CCC#CCCCCCC)c2CCC#CCCCCCC)c(CCC#CCCCCCC)c(CCC#CCCCCCC)c1CCC#CCCCCCC.[Ni+2]. The predicted octanol–water partition coefficient (Wildman–Crippen LogP) is 32.5. The molecule has 0 heterocycles. The van der Waals surface area contributed by atoms with Crippen LogP contribution in [0.3, 0.4) is 0 Å². The van der Waals surface area contributed by atoms with Crippen LogP contribution in [-0.4, -0.2) is 11.4 Å². The third-order valence-corrected chi connectivity index (χ3v) is 21.6. The molecule has 2 aromatic rings. The van der Waals surface area contributed by atoms with E-state index in [1.165, 1.54) is 313 Å². The van der Waals surface area contributed by atoms with E-state index in [0.29, 0.717) is 0 Å². The Labute approximate surface area is 701 Å². The number of unbranched alkanes of at least 4 members (excludes halogenated alkanes) is 40. The largest absolute Gasteiger partial charge is 2.00 e. The molecule has 0 aromatic heterocycles. The van der Waals surface area contributed by atoms with Gasteiger partial charge in [0.05, 0.1) is 22.8 Å². The predicted molar refractivity (Wildman–Crippen MR) is 493 cm³/mol. The fourth-order valence-electron chi connectivity index (χ4n) is 14.8. The molecule has 0 bridgehead atoms. The molecule has 0 aliphatic rings. The van der Waals surface area contributed by atoms with Crippen LogP contribution in [0.15, 0.2) is 22.1 Å². The second-order valence-corrected chi connectivity index (χ2v) is 31.7. The summed E-state index contributed by atoms with van der Waals surface area (Å²) in [5.74, 6) is 59.4. The molecule has 0 amide bonds. The van der Waals surface area contributed by atoms with E-state index in [0.717, 1.165) is 191 Å². The van der Waals surface area contributed by atoms with Crippen molar-refractivity contribution in [2.75, 3.05) is 0 Å². The van der Waals surface area contributed by atoms with Crippen LogP contribution in [-0.2, 0) is 67.9 Å². The number of rotatable bonds is 63. The Hall–Kier alpha value is -5.25. The molecule has 0 N–H and O–H groups in total. The molecule has 0 aliphatic carbocycles. The zero-order valence-electron chi connectivity index (χ0n) is 74.4. The standard InChI is InChI=1S/C108H168N2.Ni/c1-11-21-31-41-50-58-66-75-85-97-95-107(103(91-81-72-64-56-47-37-27-17-7)101(89-79-70-62-54-45-35-25-15-5)99(97)87-77-68-60-52-43-33-23-13-3)109-105(93-83-40-30-20-10)106(94-84-74-49-39-29-19-9)110-108-96-98(86-76-67-59-51-42-32-22-12-2)100(88-78-69-61-53-44-34-24-14-4)102(90-80-71-63-55-46-36-26-16-6)104(108)92-82-73-65-57-48-38-28-18-8;/h95-96H,11-57,74-94H2,1-10H3;/q;+2. The maximum Gasteiger partial charge on any atom is 2.00 e. The van der Waals surface area contributed by atoms with Gasteiger partial charge in [0.25, 0.3) is 0 Å². The van der Waals surface area contributed by atoms with Gasteiger partial charge in [0.2, 0.25) is 0 Å². The molecule has 0 aliphatic heterocycles. The van der Waals surface area contributed by atoms with Crippen molar-refractivity contribution in [2.24, 2.45) is 9.98 Å². The molecule has 111 heavy (non-hydrogen) atoms. The Morgan fingerprint density at radius 1 is 0.189 bits per heavy atom. The molecule has 2 nitrogen and oxygen atoms in total. The Bertz CT molecular complexity index is 3230. The van der Waals surface area contributed by atoms with Crippen LogP contribution >= 0.6 is 0 Å². The maximum absolute atomic E-state index is 6.36. The number of benzene rings is 2. The molecule has 0 saturated carbocycles. The molecular weight excluding hydrogens is 1380 g/mol. The summed E-state index contributed by atoms with van der Waals surface area (Å²) < 4.78 is 0. The van der Waals surface area contributed by atoms with Gasteiger partial charge in [0, 0.05) is 103 Å². The number of aliphatic imine (C=N–C) groups is 2. The van der Waals surface area contributed by atoms with Gasteiger partial charge in [-0.1, -0.05) is 275 Å². The third-order valence-electron chi connectivity index (χ3n) is 21.6. The summed E-state index contributed by atoms with van der Waals surface area (Å²) in [6.07, 6.45) is 75.4. The average molecular weight is 1550 g/mol. The summed E-state index contributed by atoms with van der Waals surface area (Å²) in [7, 11) is 0. The van der Waals surface area contributed by atoms with Gasteiger partial charge in [-0.15, -0.1) is 94.7 Å². The normalized spacial score (nSPS) is 10.9. The van der Waals surface area contributed by atoms with Crippen molar-refractivity contribution in [1.29, 1.82) is 0 Å². The molecule has 0 fully saturated rings. The molecule has 3 heteroatoms. The number of hydrogen-bond donors (Lipinski definition) is 0. The second kappa shape index (κ2) is 80.0. The quantitative estimate of drug-likeness (QED) is 0.0273. The van der Waals surface area contributed by atoms with E-state index in [1.54, 1.807) is 0 Å². The van der Waals surface area contributed by atoms with Crippen molar-refractivity contribution in [2.45, 2.75) is 506 Å². The van der Waals surface area contributed by atoms with E-state index >= 15 is 0 Å². The van der Waals surface area contributed by atoms with Gasteiger partial charge in [-0.2, -0.15) is 0 Å². The smallest absolute Gasteiger partial charge is 0.251 e. The Morgan fingerprint density at radius 3 is 0.595 bits per heavy atom. The van der Waals surface area contributed by atoms with Gasteiger partial charge in [-0.25, -0.2) is 0 Å². The van der Waals surface area contributed by atoms with Crippen LogP contribution in [0.1, 0.15) is 499 Å². The summed E-state index contributed by atoms with van der Waals surface area (Å²) in [5, 5.41) is 0. The number of hydrogen-bond acceptors (Lipinski definition) is 2. The van der Waals surface area contributed by atoms with E-state index in [1.807, 2.05) is 0 Å². The first-order chi connectivity index (χ1) is 54.4. The van der Waals surface area contributed by atoms with Gasteiger partial charge < -0.3 is 0 Å². The van der Waals surface area contributed by atoms with Gasteiger partial charge in [-0.3, -0.25) is 9.98 Å². The first-order valence-electron chi connectivity index (χ1n) is 47.6. The summed E-state index contributed by atoms with van der Waals surface area (Å²) in [6, 6.07) is 5.15. The minimum atomic E-state index is 0. The van der Waals surface area contributed by atoms with E-state index in [-0.39, 0.29) is 16.5 Å². The van der Waals surface area contributed by atoms with E-state index in [4.69, 9.17) is 9.98 Å². The molecule has 0 radical (unpaired) electrons. The average Bonchev–Trinajstić information content (AvgIpc) is 0.790. The van der Waals surface area contributed by atoms with Crippen molar-refractivity contribution >= 4 is 22.8 Å². The molecule has 0 atom stereocenters. The topological polar surface area (TPSA) is 24.7 Å². The van der Waals surface area contributed by atoms with Gasteiger partial charge >= 0.3 is 16.5 Å². The summed E-state index contributed by atoms with van der Waals surface area (Å²) in [5.41, 5.74) is 16.2. The van der Waals surface area contributed by atoms with Crippen LogP contribution in [0.2, 0.25) is 0 Å². The Morgan fingerprint density at radius 2 is 0.360 bits per heavy atom. The van der Waals surface area contributed by atoms with Crippen molar-refractivity contribution in [3.63, 3.8) is 0 Å². The molecule has 0 saturated heterocycles. The van der Waals surface area contributed by atoms with Crippen molar-refractivity contribution in [3.05, 3.63) is 56.6 Å². The molecule has 2 aromatic carbocycles. The third kappa shape index (κ3) is 55.8. The fraction of sp³-hybridized carbons (Fsp3) is 0.722.